The lowest BCUT2D eigenvalue weighted by Crippen LogP contribution is -2.13. The van der Waals surface area contributed by atoms with E-state index in [4.69, 9.17) is 18.0 Å². The predicted molar refractivity (Wildman–Crippen MR) is 87.9 cm³/mol. The van der Waals surface area contributed by atoms with Gasteiger partial charge in [-0.1, -0.05) is 33.0 Å². The Labute approximate surface area is 128 Å². The van der Waals surface area contributed by atoms with Crippen LogP contribution in [-0.2, 0) is 12.5 Å². The topological polar surface area (TPSA) is 68.8 Å². The van der Waals surface area contributed by atoms with E-state index in [9.17, 15) is 0 Å². The lowest BCUT2D eigenvalue weighted by atomic mass is 9.93. The largest absolute Gasteiger partial charge is 0.389 e. The molecule has 0 aliphatic rings. The van der Waals surface area contributed by atoms with E-state index in [0.717, 1.165) is 27.9 Å². The number of thiocarbonyl (C=S) groups is 1. The van der Waals surface area contributed by atoms with Crippen molar-refractivity contribution in [3.05, 3.63) is 22.3 Å². The molecule has 0 saturated heterocycles. The van der Waals surface area contributed by atoms with Crippen molar-refractivity contribution in [1.82, 2.24) is 14.8 Å². The third-order valence-electron chi connectivity index (χ3n) is 2.97. The van der Waals surface area contributed by atoms with Gasteiger partial charge in [-0.05, 0) is 6.92 Å². The third kappa shape index (κ3) is 2.83. The van der Waals surface area contributed by atoms with Crippen LogP contribution in [0, 0.1) is 6.92 Å². The van der Waals surface area contributed by atoms with Crippen LogP contribution < -0.4 is 11.1 Å². The zero-order valence-electron chi connectivity index (χ0n) is 12.3. The Kier molecular flexibility index (Phi) is 3.84. The first-order chi connectivity index (χ1) is 9.20. The SMILES string of the molecule is Cc1nn(C)c(Nc2nc(C(C)(C)C)cs2)c1C(N)=S. The molecule has 0 atom stereocenters. The Morgan fingerprint density at radius 3 is 2.60 bits per heavy atom. The summed E-state index contributed by atoms with van der Waals surface area (Å²) in [5.41, 5.74) is 8.45. The van der Waals surface area contributed by atoms with Gasteiger partial charge < -0.3 is 11.1 Å². The number of aryl methyl sites for hydroxylation is 2. The molecule has 0 aliphatic carbocycles. The molecule has 0 unspecified atom stereocenters. The molecule has 108 valence electrons. The third-order valence-corrected chi connectivity index (χ3v) is 3.93. The molecule has 0 radical (unpaired) electrons. The molecule has 2 aromatic rings. The maximum Gasteiger partial charge on any atom is 0.188 e. The van der Waals surface area contributed by atoms with E-state index in [2.05, 4.69) is 41.6 Å². The summed E-state index contributed by atoms with van der Waals surface area (Å²) in [6.45, 7) is 8.31. The molecule has 0 amide bonds. The Morgan fingerprint density at radius 2 is 2.10 bits per heavy atom. The summed E-state index contributed by atoms with van der Waals surface area (Å²) in [7, 11) is 1.86. The maximum atomic E-state index is 5.78. The number of hydrogen-bond donors (Lipinski definition) is 2. The van der Waals surface area contributed by atoms with Gasteiger partial charge in [0.1, 0.15) is 10.8 Å². The molecule has 0 aliphatic heterocycles. The molecule has 0 saturated carbocycles. The van der Waals surface area contributed by atoms with E-state index in [-0.39, 0.29) is 5.41 Å². The van der Waals surface area contributed by atoms with Crippen LogP contribution in [0.25, 0.3) is 0 Å². The van der Waals surface area contributed by atoms with Crippen LogP contribution in [0.4, 0.5) is 10.9 Å². The quantitative estimate of drug-likeness (QED) is 0.853. The zero-order valence-corrected chi connectivity index (χ0v) is 13.9. The average Bonchev–Trinajstić information content (AvgIpc) is 2.84. The molecule has 3 N–H and O–H groups in total. The summed E-state index contributed by atoms with van der Waals surface area (Å²) >= 11 is 6.66. The van der Waals surface area contributed by atoms with Gasteiger partial charge in [0.25, 0.3) is 0 Å². The van der Waals surface area contributed by atoms with Gasteiger partial charge in [0.15, 0.2) is 5.13 Å². The van der Waals surface area contributed by atoms with E-state index in [1.807, 2.05) is 14.0 Å². The second kappa shape index (κ2) is 5.14. The lowest BCUT2D eigenvalue weighted by molar-refractivity contribution is 0.573. The van der Waals surface area contributed by atoms with Gasteiger partial charge in [0.2, 0.25) is 0 Å². The molecule has 5 nitrogen and oxygen atoms in total. The van der Waals surface area contributed by atoms with Gasteiger partial charge in [-0.3, -0.25) is 4.68 Å². The van der Waals surface area contributed by atoms with Gasteiger partial charge >= 0.3 is 0 Å². The second-order valence-corrected chi connectivity index (χ2v) is 7.01. The summed E-state index contributed by atoms with van der Waals surface area (Å²) in [5, 5.41) is 10.5. The van der Waals surface area contributed by atoms with Crippen LogP contribution in [0.15, 0.2) is 5.38 Å². The van der Waals surface area contributed by atoms with Gasteiger partial charge in [-0.15, -0.1) is 11.3 Å². The number of hydrogen-bond acceptors (Lipinski definition) is 5. The van der Waals surface area contributed by atoms with Crippen LogP contribution in [-0.4, -0.2) is 19.8 Å². The molecule has 2 aromatic heterocycles. The van der Waals surface area contributed by atoms with Crippen molar-refractivity contribution in [2.45, 2.75) is 33.1 Å². The van der Waals surface area contributed by atoms with E-state index in [1.165, 1.54) is 0 Å². The maximum absolute atomic E-state index is 5.78. The molecular weight excluding hydrogens is 290 g/mol. The summed E-state index contributed by atoms with van der Waals surface area (Å²) < 4.78 is 1.74. The number of anilines is 2. The van der Waals surface area contributed by atoms with Crippen molar-refractivity contribution < 1.29 is 0 Å². The van der Waals surface area contributed by atoms with E-state index in [1.54, 1.807) is 16.0 Å². The Hall–Kier alpha value is -1.47. The highest BCUT2D eigenvalue weighted by molar-refractivity contribution is 7.80. The van der Waals surface area contributed by atoms with Gasteiger partial charge in [-0.2, -0.15) is 5.10 Å². The molecule has 0 aromatic carbocycles. The van der Waals surface area contributed by atoms with Crippen LogP contribution in [0.3, 0.4) is 0 Å². The second-order valence-electron chi connectivity index (χ2n) is 5.71. The smallest absolute Gasteiger partial charge is 0.188 e. The minimum absolute atomic E-state index is 0.0325. The van der Waals surface area contributed by atoms with Crippen molar-refractivity contribution in [1.29, 1.82) is 0 Å². The number of nitrogens with zero attached hydrogens (tertiary/aromatic N) is 3. The summed E-state index contributed by atoms with van der Waals surface area (Å²) in [6.07, 6.45) is 0. The highest BCUT2D eigenvalue weighted by atomic mass is 32.1. The van der Waals surface area contributed by atoms with Gasteiger partial charge in [0.05, 0.1) is 17.0 Å². The standard InChI is InChI=1S/C13H19N5S2/c1-7-9(10(14)19)11(18(5)17-7)16-12-15-8(6-20-12)13(2,3)4/h6H,1-5H3,(H2,14,19)(H,15,16). The Balaban J connectivity index is 2.36. The molecule has 2 heterocycles. The first-order valence-electron chi connectivity index (χ1n) is 6.26. The number of rotatable bonds is 3. The monoisotopic (exact) mass is 309 g/mol. The van der Waals surface area contributed by atoms with E-state index in [0.29, 0.717) is 4.99 Å². The minimum Gasteiger partial charge on any atom is -0.389 e. The van der Waals surface area contributed by atoms with Crippen LogP contribution in [0.2, 0.25) is 0 Å². The molecule has 7 heteroatoms. The Morgan fingerprint density at radius 1 is 1.45 bits per heavy atom. The first kappa shape index (κ1) is 14.9. The number of nitrogens with two attached hydrogens (primary N) is 1. The lowest BCUT2D eigenvalue weighted by Gasteiger charge is -2.14. The molecule has 2 rings (SSSR count). The van der Waals surface area contributed by atoms with Gasteiger partial charge in [-0.25, -0.2) is 4.98 Å². The molecular formula is C13H19N5S2. The van der Waals surface area contributed by atoms with E-state index < -0.39 is 0 Å². The summed E-state index contributed by atoms with van der Waals surface area (Å²) in [4.78, 5) is 4.95. The normalized spacial score (nSPS) is 11.7. The first-order valence-corrected chi connectivity index (χ1v) is 7.55. The van der Waals surface area contributed by atoms with Crippen molar-refractivity contribution in [2.24, 2.45) is 12.8 Å². The molecule has 0 spiro atoms. The number of aromatic nitrogens is 3. The average molecular weight is 309 g/mol. The summed E-state index contributed by atoms with van der Waals surface area (Å²) in [6, 6.07) is 0. The van der Waals surface area contributed by atoms with E-state index >= 15 is 0 Å². The Bertz CT molecular complexity index is 648. The zero-order chi connectivity index (χ0) is 15.1. The van der Waals surface area contributed by atoms with Crippen molar-refractivity contribution in [3.63, 3.8) is 0 Å². The highest BCUT2D eigenvalue weighted by Gasteiger charge is 2.20. The van der Waals surface area contributed by atoms with Crippen LogP contribution in [0.1, 0.15) is 37.7 Å². The van der Waals surface area contributed by atoms with Crippen molar-refractivity contribution >= 4 is 39.5 Å². The van der Waals surface area contributed by atoms with Gasteiger partial charge in [0, 0.05) is 17.8 Å². The predicted octanol–water partition coefficient (Wildman–Crippen LogP) is 2.86. The molecule has 20 heavy (non-hydrogen) atoms. The number of nitrogens with one attached hydrogen (secondary N) is 1. The van der Waals surface area contributed by atoms with Crippen LogP contribution >= 0.6 is 23.6 Å². The molecule has 0 fully saturated rings. The van der Waals surface area contributed by atoms with Crippen molar-refractivity contribution in [2.75, 3.05) is 5.32 Å². The molecule has 0 bridgehead atoms. The summed E-state index contributed by atoms with van der Waals surface area (Å²) in [5.74, 6) is 0.782. The van der Waals surface area contributed by atoms with Crippen LogP contribution in [0.5, 0.6) is 0 Å². The fraction of sp³-hybridized carbons (Fsp3) is 0.462. The highest BCUT2D eigenvalue weighted by Crippen LogP contribution is 2.29. The fourth-order valence-corrected chi connectivity index (χ4v) is 3.05. The fourth-order valence-electron chi connectivity index (χ4n) is 1.87. The number of thiazole rings is 1. The van der Waals surface area contributed by atoms with Crippen molar-refractivity contribution in [3.8, 4) is 0 Å². The minimum atomic E-state index is 0.0325.